The first-order chi connectivity index (χ1) is 9.74. The number of carbonyl (C=O) groups excluding carboxylic acids is 1. The fourth-order valence-corrected chi connectivity index (χ4v) is 1.87. The third kappa shape index (κ3) is 3.16. The lowest BCUT2D eigenvalue weighted by Crippen LogP contribution is -2.01. The van der Waals surface area contributed by atoms with Crippen LogP contribution in [0.15, 0.2) is 48.5 Å². The van der Waals surface area contributed by atoms with Crippen molar-refractivity contribution >= 4 is 5.78 Å². The molecule has 20 heavy (non-hydrogen) atoms. The second-order valence-corrected chi connectivity index (χ2v) is 4.23. The maximum absolute atomic E-state index is 12.3. The van der Waals surface area contributed by atoms with Gasteiger partial charge in [0, 0.05) is 22.3 Å². The van der Waals surface area contributed by atoms with Gasteiger partial charge < -0.3 is 0 Å². The van der Waals surface area contributed by atoms with Crippen LogP contribution in [0, 0.1) is 23.7 Å². The molecular weight excluding hydrogens is 244 g/mol. The van der Waals surface area contributed by atoms with E-state index < -0.39 is 0 Å². The average Bonchev–Trinajstić information content (AvgIpc) is 2.49. The standard InChI is InChI=1S/C19H14O/c1-3-5-15-7-11-17(12-8-15)19(20)18-13-9-16(6-4-2)10-14-18/h7-14H,1-2H3. The first kappa shape index (κ1) is 13.7. The van der Waals surface area contributed by atoms with Crippen molar-refractivity contribution in [2.24, 2.45) is 0 Å². The van der Waals surface area contributed by atoms with Gasteiger partial charge in [0.05, 0.1) is 0 Å². The number of benzene rings is 2. The zero-order valence-electron chi connectivity index (χ0n) is 11.5. The summed E-state index contributed by atoms with van der Waals surface area (Å²) in [6.07, 6.45) is 0. The third-order valence-corrected chi connectivity index (χ3v) is 2.83. The fourth-order valence-electron chi connectivity index (χ4n) is 1.87. The molecule has 96 valence electrons. The predicted octanol–water partition coefficient (Wildman–Crippen LogP) is 3.66. The van der Waals surface area contributed by atoms with E-state index in [-0.39, 0.29) is 5.78 Å². The lowest BCUT2D eigenvalue weighted by molar-refractivity contribution is 0.103. The quantitative estimate of drug-likeness (QED) is 0.593. The Kier molecular flexibility index (Phi) is 4.38. The topological polar surface area (TPSA) is 17.1 Å². The van der Waals surface area contributed by atoms with Crippen LogP contribution in [0.2, 0.25) is 0 Å². The molecule has 0 aliphatic heterocycles. The zero-order valence-corrected chi connectivity index (χ0v) is 11.5. The van der Waals surface area contributed by atoms with Gasteiger partial charge in [-0.1, -0.05) is 11.8 Å². The highest BCUT2D eigenvalue weighted by Gasteiger charge is 2.08. The Labute approximate surface area is 119 Å². The van der Waals surface area contributed by atoms with Crippen LogP contribution in [0.4, 0.5) is 0 Å². The number of hydrogen-bond acceptors (Lipinski definition) is 1. The van der Waals surface area contributed by atoms with Gasteiger partial charge in [0.25, 0.3) is 0 Å². The molecule has 0 saturated heterocycles. The van der Waals surface area contributed by atoms with Crippen LogP contribution in [0.25, 0.3) is 0 Å². The van der Waals surface area contributed by atoms with Gasteiger partial charge in [-0.3, -0.25) is 4.79 Å². The first-order valence-electron chi connectivity index (χ1n) is 6.35. The summed E-state index contributed by atoms with van der Waals surface area (Å²) in [5.41, 5.74) is 3.16. The molecule has 0 atom stereocenters. The van der Waals surface area contributed by atoms with Crippen molar-refractivity contribution in [3.05, 3.63) is 70.8 Å². The van der Waals surface area contributed by atoms with Crippen molar-refractivity contribution < 1.29 is 4.79 Å². The minimum atomic E-state index is 0.0111. The molecule has 1 heteroatoms. The molecule has 0 bridgehead atoms. The van der Waals surface area contributed by atoms with Crippen LogP contribution in [-0.2, 0) is 0 Å². The molecule has 2 rings (SSSR count). The van der Waals surface area contributed by atoms with Crippen molar-refractivity contribution in [3.8, 4) is 23.7 Å². The fraction of sp³-hybridized carbons (Fsp3) is 0.105. The largest absolute Gasteiger partial charge is 0.289 e. The van der Waals surface area contributed by atoms with Crippen molar-refractivity contribution in [3.63, 3.8) is 0 Å². The van der Waals surface area contributed by atoms with Gasteiger partial charge >= 0.3 is 0 Å². The summed E-state index contributed by atoms with van der Waals surface area (Å²) in [5.74, 6) is 11.6. The van der Waals surface area contributed by atoms with Gasteiger partial charge in [0.2, 0.25) is 0 Å². The zero-order chi connectivity index (χ0) is 14.4. The molecule has 1 nitrogen and oxygen atoms in total. The minimum absolute atomic E-state index is 0.0111. The molecule has 0 saturated carbocycles. The van der Waals surface area contributed by atoms with Gasteiger partial charge in [0.1, 0.15) is 0 Å². The van der Waals surface area contributed by atoms with E-state index in [0.717, 1.165) is 11.1 Å². The van der Waals surface area contributed by atoms with E-state index in [1.165, 1.54) is 0 Å². The van der Waals surface area contributed by atoms with Crippen molar-refractivity contribution in [2.75, 3.05) is 0 Å². The Morgan fingerprint density at radius 1 is 0.700 bits per heavy atom. The average molecular weight is 258 g/mol. The highest BCUT2D eigenvalue weighted by molar-refractivity contribution is 6.09. The molecule has 0 amide bonds. The summed E-state index contributed by atoms with van der Waals surface area (Å²) in [6.45, 7) is 3.58. The first-order valence-corrected chi connectivity index (χ1v) is 6.35. The molecule has 0 fully saturated rings. The summed E-state index contributed by atoms with van der Waals surface area (Å²) in [6, 6.07) is 14.7. The SMILES string of the molecule is CC#Cc1ccc(C(=O)c2ccc(C#CC)cc2)cc1. The summed E-state index contributed by atoms with van der Waals surface area (Å²) in [5, 5.41) is 0. The van der Waals surface area contributed by atoms with Crippen LogP contribution in [0.5, 0.6) is 0 Å². The number of hydrogen-bond donors (Lipinski definition) is 0. The molecule has 2 aromatic rings. The van der Waals surface area contributed by atoms with E-state index in [0.29, 0.717) is 11.1 Å². The Bertz CT molecular complexity index is 661. The van der Waals surface area contributed by atoms with E-state index >= 15 is 0 Å². The van der Waals surface area contributed by atoms with E-state index in [1.807, 2.05) is 48.5 Å². The molecule has 0 aromatic heterocycles. The molecule has 0 unspecified atom stereocenters. The lowest BCUT2D eigenvalue weighted by atomic mass is 10.0. The Morgan fingerprint density at radius 3 is 1.35 bits per heavy atom. The minimum Gasteiger partial charge on any atom is -0.289 e. The van der Waals surface area contributed by atoms with E-state index in [2.05, 4.69) is 23.7 Å². The van der Waals surface area contributed by atoms with Crippen LogP contribution >= 0.6 is 0 Å². The van der Waals surface area contributed by atoms with Crippen LogP contribution in [0.1, 0.15) is 40.9 Å². The molecule has 0 spiro atoms. The van der Waals surface area contributed by atoms with Gasteiger partial charge in [-0.05, 0) is 62.4 Å². The monoisotopic (exact) mass is 258 g/mol. The maximum Gasteiger partial charge on any atom is 0.193 e. The van der Waals surface area contributed by atoms with Crippen LogP contribution < -0.4 is 0 Å². The third-order valence-electron chi connectivity index (χ3n) is 2.83. The Hall–Kier alpha value is -2.77. The molecule has 0 radical (unpaired) electrons. The van der Waals surface area contributed by atoms with Crippen molar-refractivity contribution in [2.45, 2.75) is 13.8 Å². The van der Waals surface area contributed by atoms with Crippen molar-refractivity contribution in [1.82, 2.24) is 0 Å². The predicted molar refractivity (Wildman–Crippen MR) is 81.4 cm³/mol. The maximum atomic E-state index is 12.3. The van der Waals surface area contributed by atoms with E-state index in [9.17, 15) is 4.79 Å². The summed E-state index contributed by atoms with van der Waals surface area (Å²) in [4.78, 5) is 12.3. The molecule has 2 aromatic carbocycles. The van der Waals surface area contributed by atoms with Gasteiger partial charge in [-0.25, -0.2) is 0 Å². The van der Waals surface area contributed by atoms with E-state index in [4.69, 9.17) is 0 Å². The second-order valence-electron chi connectivity index (χ2n) is 4.23. The Balaban J connectivity index is 2.24. The second kappa shape index (κ2) is 6.41. The molecule has 0 N–H and O–H groups in total. The number of carbonyl (C=O) groups is 1. The summed E-state index contributed by atoms with van der Waals surface area (Å²) in [7, 11) is 0. The normalized spacial score (nSPS) is 8.90. The molecular formula is C19H14O. The smallest absolute Gasteiger partial charge is 0.193 e. The molecule has 0 heterocycles. The van der Waals surface area contributed by atoms with Gasteiger partial charge in [-0.2, -0.15) is 0 Å². The van der Waals surface area contributed by atoms with E-state index in [1.54, 1.807) is 13.8 Å². The highest BCUT2D eigenvalue weighted by atomic mass is 16.1. The Morgan fingerprint density at radius 2 is 1.05 bits per heavy atom. The lowest BCUT2D eigenvalue weighted by Gasteiger charge is -2.02. The molecule has 0 aliphatic rings. The van der Waals surface area contributed by atoms with Crippen LogP contribution in [0.3, 0.4) is 0 Å². The summed E-state index contributed by atoms with van der Waals surface area (Å²) < 4.78 is 0. The summed E-state index contributed by atoms with van der Waals surface area (Å²) >= 11 is 0. The highest BCUT2D eigenvalue weighted by Crippen LogP contribution is 2.12. The van der Waals surface area contributed by atoms with Gasteiger partial charge in [-0.15, -0.1) is 11.8 Å². The van der Waals surface area contributed by atoms with Crippen molar-refractivity contribution in [1.29, 1.82) is 0 Å². The van der Waals surface area contributed by atoms with Gasteiger partial charge in [0.15, 0.2) is 5.78 Å². The molecule has 0 aliphatic carbocycles. The number of rotatable bonds is 2. The number of ketones is 1. The van der Waals surface area contributed by atoms with Crippen LogP contribution in [-0.4, -0.2) is 5.78 Å².